The zero-order valence-corrected chi connectivity index (χ0v) is 10.1. The van der Waals surface area contributed by atoms with Crippen LogP contribution in [0.1, 0.15) is 38.2 Å². The van der Waals surface area contributed by atoms with Crippen molar-refractivity contribution in [3.8, 4) is 11.5 Å². The molecule has 0 spiro atoms. The van der Waals surface area contributed by atoms with Gasteiger partial charge in [-0.25, -0.2) is 0 Å². The predicted octanol–water partition coefficient (Wildman–Crippen LogP) is 2.63. The molecule has 0 aliphatic rings. The van der Waals surface area contributed by atoms with Crippen LogP contribution in [0.2, 0.25) is 0 Å². The average Bonchev–Trinajstić information content (AvgIpc) is 2.29. The Bertz CT molecular complexity index is 326. The maximum atomic E-state index is 10.0. The van der Waals surface area contributed by atoms with Crippen LogP contribution in [0, 0.1) is 0 Å². The number of hydrogen-bond acceptors (Lipinski definition) is 3. The van der Waals surface area contributed by atoms with Crippen LogP contribution in [0.3, 0.4) is 0 Å². The van der Waals surface area contributed by atoms with Gasteiger partial charge < -0.3 is 15.6 Å². The second-order valence-electron chi connectivity index (χ2n) is 3.96. The lowest BCUT2D eigenvalue weighted by Gasteiger charge is -2.15. The van der Waals surface area contributed by atoms with Crippen molar-refractivity contribution in [2.45, 2.75) is 32.6 Å². The highest BCUT2D eigenvalue weighted by atomic mass is 16.5. The summed E-state index contributed by atoms with van der Waals surface area (Å²) in [6.45, 7) is 5.26. The van der Waals surface area contributed by atoms with Gasteiger partial charge in [-0.05, 0) is 38.3 Å². The van der Waals surface area contributed by atoms with E-state index in [0.29, 0.717) is 24.8 Å². The summed E-state index contributed by atoms with van der Waals surface area (Å²) in [5.74, 6) is 1.15. The van der Waals surface area contributed by atoms with Gasteiger partial charge in [0.15, 0.2) is 11.5 Å². The van der Waals surface area contributed by atoms with Crippen LogP contribution < -0.4 is 10.5 Å². The maximum absolute atomic E-state index is 10.0. The van der Waals surface area contributed by atoms with Crippen LogP contribution >= 0.6 is 0 Å². The van der Waals surface area contributed by atoms with Gasteiger partial charge in [0.25, 0.3) is 0 Å². The van der Waals surface area contributed by atoms with Gasteiger partial charge in [-0.2, -0.15) is 0 Å². The van der Waals surface area contributed by atoms with Gasteiger partial charge >= 0.3 is 0 Å². The molecule has 1 aromatic rings. The molecule has 0 heterocycles. The summed E-state index contributed by atoms with van der Waals surface area (Å²) < 4.78 is 5.36. The molecule has 0 aromatic heterocycles. The minimum atomic E-state index is 0.272. The molecule has 3 N–H and O–H groups in total. The SMILES string of the molecule is CCOc1cccc(C(C)CCCN)c1O. The van der Waals surface area contributed by atoms with E-state index < -0.39 is 0 Å². The molecule has 0 aliphatic carbocycles. The molecule has 0 radical (unpaired) electrons. The Hall–Kier alpha value is -1.22. The van der Waals surface area contributed by atoms with Crippen molar-refractivity contribution < 1.29 is 9.84 Å². The van der Waals surface area contributed by atoms with Crippen LogP contribution in [0.15, 0.2) is 18.2 Å². The molecule has 0 fully saturated rings. The molecule has 0 amide bonds. The Labute approximate surface area is 97.2 Å². The molecule has 0 saturated carbocycles. The van der Waals surface area contributed by atoms with Crippen LogP contribution in [0.5, 0.6) is 11.5 Å². The summed E-state index contributed by atoms with van der Waals surface area (Å²) >= 11 is 0. The minimum absolute atomic E-state index is 0.272. The van der Waals surface area contributed by atoms with Gasteiger partial charge in [-0.15, -0.1) is 0 Å². The molecule has 0 aliphatic heterocycles. The predicted molar refractivity (Wildman–Crippen MR) is 66.0 cm³/mol. The lowest BCUT2D eigenvalue weighted by molar-refractivity contribution is 0.315. The van der Waals surface area contributed by atoms with Gasteiger partial charge in [-0.3, -0.25) is 0 Å². The number of ether oxygens (including phenoxy) is 1. The summed E-state index contributed by atoms with van der Waals surface area (Å²) in [6.07, 6.45) is 1.96. The molecule has 1 atom stereocenters. The minimum Gasteiger partial charge on any atom is -0.504 e. The molecule has 3 nitrogen and oxygen atoms in total. The van der Waals surface area contributed by atoms with Crippen LogP contribution in [-0.4, -0.2) is 18.3 Å². The van der Waals surface area contributed by atoms with Crippen molar-refractivity contribution in [1.82, 2.24) is 0 Å². The van der Waals surface area contributed by atoms with E-state index in [-0.39, 0.29) is 5.75 Å². The lowest BCUT2D eigenvalue weighted by atomic mass is 9.95. The van der Waals surface area contributed by atoms with Crippen LogP contribution in [0.25, 0.3) is 0 Å². The highest BCUT2D eigenvalue weighted by molar-refractivity contribution is 5.46. The molecule has 90 valence electrons. The van der Waals surface area contributed by atoms with Crippen molar-refractivity contribution in [3.63, 3.8) is 0 Å². The van der Waals surface area contributed by atoms with Gasteiger partial charge in [0.2, 0.25) is 0 Å². The van der Waals surface area contributed by atoms with E-state index in [2.05, 4.69) is 6.92 Å². The van der Waals surface area contributed by atoms with Crippen molar-refractivity contribution in [2.75, 3.05) is 13.2 Å². The van der Waals surface area contributed by atoms with Gasteiger partial charge in [0.05, 0.1) is 6.61 Å². The second-order valence-corrected chi connectivity index (χ2v) is 3.96. The number of benzene rings is 1. The zero-order valence-electron chi connectivity index (χ0n) is 10.1. The maximum Gasteiger partial charge on any atom is 0.161 e. The van der Waals surface area contributed by atoms with E-state index in [9.17, 15) is 5.11 Å². The molecule has 1 aromatic carbocycles. The molecule has 1 unspecified atom stereocenters. The zero-order chi connectivity index (χ0) is 12.0. The average molecular weight is 223 g/mol. The molecular weight excluding hydrogens is 202 g/mol. The summed E-state index contributed by atoms with van der Waals surface area (Å²) in [5, 5.41) is 10.0. The van der Waals surface area contributed by atoms with E-state index >= 15 is 0 Å². The summed E-state index contributed by atoms with van der Waals surface area (Å²) in [7, 11) is 0. The summed E-state index contributed by atoms with van der Waals surface area (Å²) in [6, 6.07) is 5.65. The third-order valence-corrected chi connectivity index (χ3v) is 2.70. The standard InChI is InChI=1S/C13H21NO2/c1-3-16-12-8-4-7-11(13(12)15)10(2)6-5-9-14/h4,7-8,10,15H,3,5-6,9,14H2,1-2H3. The lowest BCUT2D eigenvalue weighted by Crippen LogP contribution is -2.02. The Morgan fingerprint density at radius 1 is 1.44 bits per heavy atom. The fourth-order valence-electron chi connectivity index (χ4n) is 1.79. The Morgan fingerprint density at radius 3 is 2.81 bits per heavy atom. The highest BCUT2D eigenvalue weighted by Gasteiger charge is 2.13. The normalized spacial score (nSPS) is 12.4. The van der Waals surface area contributed by atoms with Gasteiger partial charge in [0.1, 0.15) is 0 Å². The number of nitrogens with two attached hydrogens (primary N) is 1. The molecule has 0 saturated heterocycles. The number of aromatic hydroxyl groups is 1. The first-order valence-electron chi connectivity index (χ1n) is 5.85. The van der Waals surface area contributed by atoms with Crippen LogP contribution in [0.4, 0.5) is 0 Å². The number of hydrogen-bond donors (Lipinski definition) is 2. The Balaban J connectivity index is 2.82. The summed E-state index contributed by atoms with van der Waals surface area (Å²) in [5.41, 5.74) is 6.43. The third-order valence-electron chi connectivity index (χ3n) is 2.70. The first kappa shape index (κ1) is 12.8. The van der Waals surface area contributed by atoms with Crippen molar-refractivity contribution in [1.29, 1.82) is 0 Å². The van der Waals surface area contributed by atoms with Crippen molar-refractivity contribution in [3.05, 3.63) is 23.8 Å². The quantitative estimate of drug-likeness (QED) is 0.779. The molecular formula is C13H21NO2. The monoisotopic (exact) mass is 223 g/mol. The fourth-order valence-corrected chi connectivity index (χ4v) is 1.79. The fraction of sp³-hybridized carbons (Fsp3) is 0.538. The van der Waals surface area contributed by atoms with Gasteiger partial charge in [-0.1, -0.05) is 19.1 Å². The van der Waals surface area contributed by atoms with Gasteiger partial charge in [0, 0.05) is 5.56 Å². The Kier molecular flexibility index (Phi) is 5.12. The Morgan fingerprint density at radius 2 is 2.19 bits per heavy atom. The number of para-hydroxylation sites is 1. The van der Waals surface area contributed by atoms with Crippen LogP contribution in [-0.2, 0) is 0 Å². The summed E-state index contributed by atoms with van der Waals surface area (Å²) in [4.78, 5) is 0. The number of phenols is 1. The van der Waals surface area contributed by atoms with E-state index in [4.69, 9.17) is 10.5 Å². The first-order valence-corrected chi connectivity index (χ1v) is 5.85. The second kappa shape index (κ2) is 6.38. The van der Waals surface area contributed by atoms with E-state index in [1.807, 2.05) is 19.1 Å². The topological polar surface area (TPSA) is 55.5 Å². The molecule has 0 bridgehead atoms. The highest BCUT2D eigenvalue weighted by Crippen LogP contribution is 2.35. The van der Waals surface area contributed by atoms with Crippen molar-refractivity contribution >= 4 is 0 Å². The third kappa shape index (κ3) is 3.14. The van der Waals surface area contributed by atoms with E-state index in [1.54, 1.807) is 6.07 Å². The van der Waals surface area contributed by atoms with E-state index in [0.717, 1.165) is 18.4 Å². The van der Waals surface area contributed by atoms with Crippen molar-refractivity contribution in [2.24, 2.45) is 5.73 Å². The smallest absolute Gasteiger partial charge is 0.161 e. The van der Waals surface area contributed by atoms with E-state index in [1.165, 1.54) is 0 Å². The molecule has 16 heavy (non-hydrogen) atoms. The first-order chi connectivity index (χ1) is 7.70. The largest absolute Gasteiger partial charge is 0.504 e. The number of phenolic OH excluding ortho intramolecular Hbond substituents is 1. The molecule has 1 rings (SSSR count). The molecule has 3 heteroatoms. The number of rotatable bonds is 6.